The van der Waals surface area contributed by atoms with Crippen LogP contribution in [0.4, 0.5) is 0 Å². The first-order valence-electron chi connectivity index (χ1n) is 2.98. The van der Waals surface area contributed by atoms with Crippen LogP contribution in [0.2, 0.25) is 10.0 Å². The van der Waals surface area contributed by atoms with Crippen LogP contribution in [0.3, 0.4) is 0 Å². The van der Waals surface area contributed by atoms with Crippen molar-refractivity contribution in [2.45, 2.75) is 0 Å². The van der Waals surface area contributed by atoms with Crippen molar-refractivity contribution in [1.82, 2.24) is 0 Å². The maximum Gasteiger partial charge on any atom is 0.317 e. The van der Waals surface area contributed by atoms with Crippen LogP contribution in [0.1, 0.15) is 0 Å². The molecule has 15 heavy (non-hydrogen) atoms. The van der Waals surface area contributed by atoms with E-state index in [1.807, 2.05) is 0 Å². The molecule has 9 heteroatoms. The molecular formula is C6H4Cl4NaO3S. The van der Waals surface area contributed by atoms with E-state index in [4.69, 9.17) is 36.7 Å². The van der Waals surface area contributed by atoms with Gasteiger partial charge in [-0.1, -0.05) is 23.2 Å². The number of phenols is 1. The van der Waals surface area contributed by atoms with Gasteiger partial charge < -0.3 is 5.11 Å². The monoisotopic (exact) mass is 319 g/mol. The molecule has 1 N–H and O–H groups in total. The van der Waals surface area contributed by atoms with Crippen LogP contribution < -0.4 is 0 Å². The molecule has 3 nitrogen and oxygen atoms in total. The molecule has 0 bridgehead atoms. The molecule has 1 aromatic rings. The molecule has 1 rings (SSSR count). The van der Waals surface area contributed by atoms with E-state index in [0.29, 0.717) is 5.02 Å². The summed E-state index contributed by atoms with van der Waals surface area (Å²) in [5.41, 5.74) is 0. The Morgan fingerprint density at radius 2 is 1.53 bits per heavy atom. The molecular weight excluding hydrogens is 317 g/mol. The minimum atomic E-state index is -3.72. The Morgan fingerprint density at radius 3 is 1.80 bits per heavy atom. The Morgan fingerprint density at radius 1 is 1.13 bits per heavy atom. The summed E-state index contributed by atoms with van der Waals surface area (Å²) >= 11 is 11.0. The zero-order valence-electron chi connectivity index (χ0n) is 7.42. The van der Waals surface area contributed by atoms with Crippen LogP contribution in [0.5, 0.6) is 5.75 Å². The number of benzene rings is 1. The predicted octanol–water partition coefficient (Wildman–Crippen LogP) is 3.03. The van der Waals surface area contributed by atoms with Crippen LogP contribution in [-0.2, 0) is 8.26 Å². The second-order valence-electron chi connectivity index (χ2n) is 1.97. The van der Waals surface area contributed by atoms with Crippen LogP contribution in [0.25, 0.3) is 0 Å². The summed E-state index contributed by atoms with van der Waals surface area (Å²) in [7, 11) is 4.81. The average molecular weight is 321 g/mol. The number of halogens is 4. The number of rotatable bonds is 0. The molecule has 0 aromatic heterocycles. The van der Waals surface area contributed by atoms with Crippen LogP contribution >= 0.6 is 44.6 Å². The Hall–Kier alpha value is 1.13. The molecule has 0 spiro atoms. The molecule has 0 atom stereocenters. The maximum absolute atomic E-state index is 9.16. The summed E-state index contributed by atoms with van der Waals surface area (Å²) in [6, 6.07) is 4.51. The summed E-state index contributed by atoms with van der Waals surface area (Å²) in [6.07, 6.45) is 0. The average Bonchev–Trinajstić information content (AvgIpc) is 1.94. The zero-order valence-corrected chi connectivity index (χ0v) is 13.3. The molecule has 0 aliphatic rings. The Labute approximate surface area is 128 Å². The van der Waals surface area contributed by atoms with E-state index < -0.39 is 8.26 Å². The number of phenolic OH excluding ortho intramolecular Hbond substituents is 1. The van der Waals surface area contributed by atoms with Gasteiger partial charge in [0.15, 0.2) is 0 Å². The van der Waals surface area contributed by atoms with Gasteiger partial charge in [0.25, 0.3) is 0 Å². The first kappa shape index (κ1) is 18.5. The second-order valence-corrected chi connectivity index (χ2v) is 6.49. The Kier molecular flexibility index (Phi) is 10.2. The molecule has 81 valence electrons. The zero-order chi connectivity index (χ0) is 11.4. The van der Waals surface area contributed by atoms with E-state index in [1.165, 1.54) is 12.1 Å². The standard InChI is InChI=1S/C6H4Cl2O.Cl2O2S.Na/c7-4-1-2-6(9)5(8)3-4;1-5(2,3)4;/h1-3,9H;;. The second kappa shape index (κ2) is 8.25. The molecule has 0 saturated carbocycles. The van der Waals surface area contributed by atoms with E-state index in [0.717, 1.165) is 0 Å². The Bertz CT molecular complexity index is 401. The Balaban J connectivity index is 0. The molecule has 0 unspecified atom stereocenters. The van der Waals surface area contributed by atoms with E-state index in [9.17, 15) is 0 Å². The molecule has 0 aliphatic heterocycles. The minimum absolute atomic E-state index is 0. The van der Waals surface area contributed by atoms with Gasteiger partial charge in [0.1, 0.15) is 5.75 Å². The third-order valence-electron chi connectivity index (χ3n) is 0.910. The van der Waals surface area contributed by atoms with Crippen molar-refractivity contribution in [3.05, 3.63) is 28.2 Å². The summed E-state index contributed by atoms with van der Waals surface area (Å²) in [4.78, 5) is 0. The number of hydrogen-bond donors (Lipinski definition) is 1. The van der Waals surface area contributed by atoms with Crippen molar-refractivity contribution < 1.29 is 13.5 Å². The number of aromatic hydroxyl groups is 1. The van der Waals surface area contributed by atoms with Gasteiger partial charge in [0.05, 0.1) is 5.02 Å². The normalized spacial score (nSPS) is 9.60. The van der Waals surface area contributed by atoms with Gasteiger partial charge in [-0.2, -0.15) is 8.42 Å². The van der Waals surface area contributed by atoms with Crippen molar-refractivity contribution in [2.24, 2.45) is 0 Å². The van der Waals surface area contributed by atoms with Crippen molar-refractivity contribution >= 4 is 82.4 Å². The van der Waals surface area contributed by atoms with Crippen molar-refractivity contribution in [1.29, 1.82) is 0 Å². The van der Waals surface area contributed by atoms with E-state index in [2.05, 4.69) is 21.4 Å². The van der Waals surface area contributed by atoms with Gasteiger partial charge in [-0.15, -0.1) is 0 Å². The van der Waals surface area contributed by atoms with E-state index in [-0.39, 0.29) is 40.3 Å². The molecule has 0 fully saturated rings. The summed E-state index contributed by atoms with van der Waals surface area (Å²) in [6.45, 7) is 0. The topological polar surface area (TPSA) is 54.4 Å². The van der Waals surface area contributed by atoms with E-state index in [1.54, 1.807) is 6.07 Å². The van der Waals surface area contributed by atoms with Gasteiger partial charge >= 0.3 is 8.26 Å². The van der Waals surface area contributed by atoms with Crippen molar-refractivity contribution in [2.75, 3.05) is 0 Å². The first-order chi connectivity index (χ1) is 6.20. The third-order valence-corrected chi connectivity index (χ3v) is 1.45. The molecule has 0 saturated heterocycles. The summed E-state index contributed by atoms with van der Waals surface area (Å²) < 4.78 is 18.3. The maximum atomic E-state index is 9.16. The van der Waals surface area contributed by atoms with Gasteiger partial charge in [-0.25, -0.2) is 0 Å². The molecule has 0 heterocycles. The van der Waals surface area contributed by atoms with Crippen molar-refractivity contribution in [3.8, 4) is 5.75 Å². The van der Waals surface area contributed by atoms with Crippen LogP contribution in [0, 0.1) is 0 Å². The first-order valence-corrected chi connectivity index (χ1v) is 6.87. The quantitative estimate of drug-likeness (QED) is 0.590. The number of hydrogen-bond acceptors (Lipinski definition) is 3. The fourth-order valence-electron chi connectivity index (χ4n) is 0.481. The fourth-order valence-corrected chi connectivity index (χ4v) is 0.890. The summed E-state index contributed by atoms with van der Waals surface area (Å²) in [5, 5.41) is 9.66. The minimum Gasteiger partial charge on any atom is -0.506 e. The van der Waals surface area contributed by atoms with Gasteiger partial charge in [0.2, 0.25) is 0 Å². The molecule has 1 aromatic carbocycles. The smallest absolute Gasteiger partial charge is 0.317 e. The fraction of sp³-hybridized carbons (Fsp3) is 0. The third kappa shape index (κ3) is 13.1. The van der Waals surface area contributed by atoms with Gasteiger partial charge in [-0.3, -0.25) is 0 Å². The molecule has 0 aliphatic carbocycles. The van der Waals surface area contributed by atoms with Gasteiger partial charge in [0, 0.05) is 55.9 Å². The van der Waals surface area contributed by atoms with Gasteiger partial charge in [-0.05, 0) is 18.2 Å². The molecule has 0 amide bonds. The SMILES string of the molecule is O=S(=O)(Cl)Cl.Oc1ccc(Cl)cc1Cl.[Na]. The van der Waals surface area contributed by atoms with Crippen molar-refractivity contribution in [3.63, 3.8) is 0 Å². The largest absolute Gasteiger partial charge is 0.506 e. The summed E-state index contributed by atoms with van der Waals surface area (Å²) in [5.74, 6) is 0.0565. The van der Waals surface area contributed by atoms with E-state index >= 15 is 0 Å². The van der Waals surface area contributed by atoms with Crippen LogP contribution in [0.15, 0.2) is 18.2 Å². The predicted molar refractivity (Wildman–Crippen MR) is 64.5 cm³/mol. The molecule has 1 radical (unpaired) electrons. The van der Waals surface area contributed by atoms with Crippen LogP contribution in [-0.4, -0.2) is 43.1 Å².